The van der Waals surface area contributed by atoms with Crippen LogP contribution in [0.3, 0.4) is 0 Å². The van der Waals surface area contributed by atoms with Crippen molar-refractivity contribution in [3.05, 3.63) is 35.9 Å². The summed E-state index contributed by atoms with van der Waals surface area (Å²) in [6, 6.07) is 10.2. The third-order valence-corrected chi connectivity index (χ3v) is 4.14. The largest absolute Gasteiger partial charge is 0.454 e. The SMILES string of the molecule is CC[C@H]1CN(C)CC[C@]1(OC(C)=O)c1ccccc1. The molecular formula is C16H23NO2. The number of esters is 1. The summed E-state index contributed by atoms with van der Waals surface area (Å²) in [7, 11) is 2.13. The van der Waals surface area contributed by atoms with Gasteiger partial charge in [0.25, 0.3) is 0 Å². The minimum absolute atomic E-state index is 0.188. The second kappa shape index (κ2) is 5.74. The zero-order valence-corrected chi connectivity index (χ0v) is 12.1. The van der Waals surface area contributed by atoms with E-state index in [-0.39, 0.29) is 5.97 Å². The highest BCUT2D eigenvalue weighted by molar-refractivity contribution is 5.67. The van der Waals surface area contributed by atoms with Crippen LogP contribution in [0.15, 0.2) is 30.3 Å². The molecule has 0 amide bonds. The van der Waals surface area contributed by atoms with Gasteiger partial charge in [-0.3, -0.25) is 4.79 Å². The van der Waals surface area contributed by atoms with Gasteiger partial charge in [-0.1, -0.05) is 37.3 Å². The molecule has 1 aromatic carbocycles. The van der Waals surface area contributed by atoms with Crippen LogP contribution in [0.5, 0.6) is 0 Å². The van der Waals surface area contributed by atoms with Crippen molar-refractivity contribution < 1.29 is 9.53 Å². The number of carbonyl (C=O) groups is 1. The third-order valence-electron chi connectivity index (χ3n) is 4.14. The Hall–Kier alpha value is -1.35. The van der Waals surface area contributed by atoms with Crippen molar-refractivity contribution in [2.24, 2.45) is 5.92 Å². The van der Waals surface area contributed by atoms with Crippen molar-refractivity contribution >= 4 is 5.97 Å². The van der Waals surface area contributed by atoms with Gasteiger partial charge < -0.3 is 9.64 Å². The second-order valence-electron chi connectivity index (χ2n) is 5.47. The molecule has 0 aliphatic carbocycles. The fraction of sp³-hybridized carbons (Fsp3) is 0.562. The Morgan fingerprint density at radius 3 is 2.68 bits per heavy atom. The monoisotopic (exact) mass is 261 g/mol. The van der Waals surface area contributed by atoms with E-state index in [0.29, 0.717) is 5.92 Å². The van der Waals surface area contributed by atoms with E-state index in [0.717, 1.165) is 31.5 Å². The van der Waals surface area contributed by atoms with Gasteiger partial charge in [0.1, 0.15) is 5.60 Å². The molecule has 0 aromatic heterocycles. The minimum Gasteiger partial charge on any atom is -0.454 e. The Kier molecular flexibility index (Phi) is 4.25. The van der Waals surface area contributed by atoms with Crippen molar-refractivity contribution in [2.75, 3.05) is 20.1 Å². The molecule has 1 heterocycles. The average molecular weight is 261 g/mol. The highest BCUT2D eigenvalue weighted by Gasteiger charge is 2.45. The third kappa shape index (κ3) is 2.81. The van der Waals surface area contributed by atoms with Gasteiger partial charge in [0.15, 0.2) is 0 Å². The number of likely N-dealkylation sites (tertiary alicyclic amines) is 1. The molecule has 0 spiro atoms. The molecule has 0 radical (unpaired) electrons. The van der Waals surface area contributed by atoms with Gasteiger partial charge in [-0.25, -0.2) is 0 Å². The lowest BCUT2D eigenvalue weighted by atomic mass is 9.74. The minimum atomic E-state index is -0.450. The highest BCUT2D eigenvalue weighted by atomic mass is 16.6. The second-order valence-corrected chi connectivity index (χ2v) is 5.47. The molecule has 1 aliphatic rings. The number of carbonyl (C=O) groups excluding carboxylic acids is 1. The maximum Gasteiger partial charge on any atom is 0.303 e. The van der Waals surface area contributed by atoms with Crippen LogP contribution in [0.4, 0.5) is 0 Å². The van der Waals surface area contributed by atoms with E-state index < -0.39 is 5.60 Å². The van der Waals surface area contributed by atoms with Gasteiger partial charge in [-0.2, -0.15) is 0 Å². The quantitative estimate of drug-likeness (QED) is 0.784. The first-order chi connectivity index (χ1) is 9.08. The van der Waals surface area contributed by atoms with Crippen LogP contribution in [0.25, 0.3) is 0 Å². The van der Waals surface area contributed by atoms with Gasteiger partial charge in [-0.15, -0.1) is 0 Å². The predicted molar refractivity (Wildman–Crippen MR) is 75.8 cm³/mol. The van der Waals surface area contributed by atoms with Crippen molar-refractivity contribution in [2.45, 2.75) is 32.3 Å². The van der Waals surface area contributed by atoms with Crippen LogP contribution in [0.1, 0.15) is 32.3 Å². The van der Waals surface area contributed by atoms with Crippen molar-refractivity contribution in [1.29, 1.82) is 0 Å². The number of benzene rings is 1. The fourth-order valence-electron chi connectivity index (χ4n) is 3.18. The lowest BCUT2D eigenvalue weighted by Crippen LogP contribution is -2.50. The Labute approximate surface area is 115 Å². The molecule has 1 aliphatic heterocycles. The van der Waals surface area contributed by atoms with Crippen LogP contribution < -0.4 is 0 Å². The fourth-order valence-corrected chi connectivity index (χ4v) is 3.18. The number of piperidine rings is 1. The van der Waals surface area contributed by atoms with Gasteiger partial charge in [0, 0.05) is 32.4 Å². The molecule has 3 nitrogen and oxygen atoms in total. The van der Waals surface area contributed by atoms with Crippen LogP contribution in [-0.4, -0.2) is 31.0 Å². The van der Waals surface area contributed by atoms with Crippen molar-refractivity contribution in [3.8, 4) is 0 Å². The van der Waals surface area contributed by atoms with Crippen LogP contribution in [0, 0.1) is 5.92 Å². The highest BCUT2D eigenvalue weighted by Crippen LogP contribution is 2.42. The molecule has 19 heavy (non-hydrogen) atoms. The molecular weight excluding hydrogens is 238 g/mol. The molecule has 1 saturated heterocycles. The Bertz CT molecular complexity index is 432. The summed E-state index contributed by atoms with van der Waals surface area (Å²) in [5, 5.41) is 0. The number of hydrogen-bond donors (Lipinski definition) is 0. The van der Waals surface area contributed by atoms with E-state index in [1.165, 1.54) is 6.92 Å². The van der Waals surface area contributed by atoms with Crippen molar-refractivity contribution in [3.63, 3.8) is 0 Å². The Morgan fingerprint density at radius 2 is 2.11 bits per heavy atom. The van der Waals surface area contributed by atoms with E-state index in [2.05, 4.69) is 31.0 Å². The first-order valence-corrected chi connectivity index (χ1v) is 7.02. The predicted octanol–water partition coefficient (Wildman–Crippen LogP) is 2.81. The van der Waals surface area contributed by atoms with Gasteiger partial charge >= 0.3 is 5.97 Å². The Balaban J connectivity index is 2.41. The summed E-state index contributed by atoms with van der Waals surface area (Å²) < 4.78 is 5.85. The summed E-state index contributed by atoms with van der Waals surface area (Å²) in [6.07, 6.45) is 1.87. The standard InChI is InChI=1S/C16H23NO2/c1-4-14-12-17(3)11-10-16(14,19-13(2)18)15-8-6-5-7-9-15/h5-9,14H,4,10-12H2,1-3H3/t14-,16+/m0/s1. The zero-order valence-electron chi connectivity index (χ0n) is 12.1. The average Bonchev–Trinajstić information content (AvgIpc) is 2.41. The summed E-state index contributed by atoms with van der Waals surface area (Å²) in [5.74, 6) is 0.157. The van der Waals surface area contributed by atoms with E-state index in [1.807, 2.05) is 18.2 Å². The maximum absolute atomic E-state index is 11.6. The normalized spacial score (nSPS) is 28.1. The van der Waals surface area contributed by atoms with Crippen molar-refractivity contribution in [1.82, 2.24) is 4.90 Å². The first-order valence-electron chi connectivity index (χ1n) is 7.02. The molecule has 0 bridgehead atoms. The maximum atomic E-state index is 11.6. The summed E-state index contributed by atoms with van der Waals surface area (Å²) in [5.41, 5.74) is 0.680. The molecule has 0 saturated carbocycles. The van der Waals surface area contributed by atoms with Crippen LogP contribution >= 0.6 is 0 Å². The van der Waals surface area contributed by atoms with Gasteiger partial charge in [0.2, 0.25) is 0 Å². The number of hydrogen-bond acceptors (Lipinski definition) is 3. The van der Waals surface area contributed by atoms with E-state index in [4.69, 9.17) is 4.74 Å². The summed E-state index contributed by atoms with van der Waals surface area (Å²) in [4.78, 5) is 13.9. The number of rotatable bonds is 3. The summed E-state index contributed by atoms with van der Waals surface area (Å²) in [6.45, 7) is 5.61. The Morgan fingerprint density at radius 1 is 1.42 bits per heavy atom. The smallest absolute Gasteiger partial charge is 0.303 e. The summed E-state index contributed by atoms with van der Waals surface area (Å²) >= 11 is 0. The number of ether oxygens (including phenoxy) is 1. The van der Waals surface area contributed by atoms with Gasteiger partial charge in [0.05, 0.1) is 0 Å². The molecule has 2 atom stereocenters. The first kappa shape index (κ1) is 14.1. The number of nitrogens with zero attached hydrogens (tertiary/aromatic N) is 1. The topological polar surface area (TPSA) is 29.5 Å². The van der Waals surface area contributed by atoms with Crippen LogP contribution in [0.2, 0.25) is 0 Å². The molecule has 1 fully saturated rings. The molecule has 1 aromatic rings. The van der Waals surface area contributed by atoms with Crippen LogP contribution in [-0.2, 0) is 15.1 Å². The molecule has 0 N–H and O–H groups in total. The van der Waals surface area contributed by atoms with E-state index >= 15 is 0 Å². The lowest BCUT2D eigenvalue weighted by molar-refractivity contribution is -0.173. The molecule has 0 unspecified atom stereocenters. The molecule has 3 heteroatoms. The zero-order chi connectivity index (χ0) is 13.9. The molecule has 2 rings (SSSR count). The van der Waals surface area contributed by atoms with E-state index in [9.17, 15) is 4.79 Å². The van der Waals surface area contributed by atoms with Gasteiger partial charge in [-0.05, 0) is 19.0 Å². The molecule has 104 valence electrons. The lowest BCUT2D eigenvalue weighted by Gasteiger charge is -2.46. The van der Waals surface area contributed by atoms with E-state index in [1.54, 1.807) is 0 Å².